The number of nitrogens with zero attached hydrogens (tertiary/aromatic N) is 2. The van der Waals surface area contributed by atoms with Gasteiger partial charge in [0.25, 0.3) is 0 Å². The summed E-state index contributed by atoms with van der Waals surface area (Å²) in [4.78, 5) is 4.62. The smallest absolute Gasteiger partial charge is 0.106 e. The maximum absolute atomic E-state index is 9.90. The summed E-state index contributed by atoms with van der Waals surface area (Å²) in [7, 11) is 0. The predicted molar refractivity (Wildman–Crippen MR) is 64.5 cm³/mol. The molecule has 1 atom stereocenters. The van der Waals surface area contributed by atoms with Crippen LogP contribution in [0.4, 0.5) is 0 Å². The Balaban J connectivity index is 2.16. The van der Waals surface area contributed by atoms with Gasteiger partial charge in [-0.2, -0.15) is 0 Å². The molecule has 0 spiro atoms. The second-order valence-corrected chi connectivity index (χ2v) is 4.81. The molecule has 90 valence electrons. The normalized spacial score (nSPS) is 17.2. The highest BCUT2D eigenvalue weighted by atomic mass is 16.3. The lowest BCUT2D eigenvalue weighted by Crippen LogP contribution is -2.19. The first kappa shape index (κ1) is 11.6. The molecule has 1 aromatic rings. The first-order valence-electron chi connectivity index (χ1n) is 6.45. The van der Waals surface area contributed by atoms with Crippen molar-refractivity contribution in [3.05, 3.63) is 17.2 Å². The SMILES string of the molecule is CCCC(O)Cn1c(C)nc2c1CCCC2. The van der Waals surface area contributed by atoms with E-state index in [4.69, 9.17) is 0 Å². The number of aliphatic hydroxyl groups is 1. The van der Waals surface area contributed by atoms with Crippen molar-refractivity contribution in [2.75, 3.05) is 0 Å². The minimum absolute atomic E-state index is 0.219. The molecule has 1 aliphatic rings. The monoisotopic (exact) mass is 222 g/mol. The molecule has 1 unspecified atom stereocenters. The Morgan fingerprint density at radius 1 is 1.38 bits per heavy atom. The Labute approximate surface area is 97.5 Å². The summed E-state index contributed by atoms with van der Waals surface area (Å²) in [5.74, 6) is 1.07. The maximum atomic E-state index is 9.90. The summed E-state index contributed by atoms with van der Waals surface area (Å²) in [5.41, 5.74) is 2.64. The second-order valence-electron chi connectivity index (χ2n) is 4.81. The number of imidazole rings is 1. The van der Waals surface area contributed by atoms with Gasteiger partial charge in [0.2, 0.25) is 0 Å². The molecule has 0 radical (unpaired) electrons. The number of rotatable bonds is 4. The van der Waals surface area contributed by atoms with Crippen LogP contribution in [0, 0.1) is 6.92 Å². The van der Waals surface area contributed by atoms with E-state index in [9.17, 15) is 5.11 Å². The second kappa shape index (κ2) is 5.00. The van der Waals surface area contributed by atoms with E-state index in [1.165, 1.54) is 24.2 Å². The number of aromatic nitrogens is 2. The molecule has 1 N–H and O–H groups in total. The standard InChI is InChI=1S/C13H22N2O/c1-3-6-11(16)9-15-10(2)14-12-7-4-5-8-13(12)15/h11,16H,3-9H2,1-2H3. The minimum atomic E-state index is -0.219. The molecule has 0 saturated carbocycles. The van der Waals surface area contributed by atoms with Crippen molar-refractivity contribution < 1.29 is 5.11 Å². The molecule has 0 saturated heterocycles. The van der Waals surface area contributed by atoms with E-state index >= 15 is 0 Å². The quantitative estimate of drug-likeness (QED) is 0.848. The van der Waals surface area contributed by atoms with Gasteiger partial charge < -0.3 is 9.67 Å². The fourth-order valence-electron chi connectivity index (χ4n) is 2.61. The number of hydrogen-bond acceptors (Lipinski definition) is 2. The van der Waals surface area contributed by atoms with E-state index in [0.29, 0.717) is 0 Å². The van der Waals surface area contributed by atoms with Crippen LogP contribution in [-0.2, 0) is 19.4 Å². The van der Waals surface area contributed by atoms with E-state index in [0.717, 1.165) is 38.1 Å². The Morgan fingerprint density at radius 2 is 2.12 bits per heavy atom. The van der Waals surface area contributed by atoms with Crippen molar-refractivity contribution in [2.24, 2.45) is 0 Å². The number of aryl methyl sites for hydroxylation is 2. The minimum Gasteiger partial charge on any atom is -0.391 e. The van der Waals surface area contributed by atoms with Gasteiger partial charge in [-0.3, -0.25) is 0 Å². The average molecular weight is 222 g/mol. The highest BCUT2D eigenvalue weighted by Crippen LogP contribution is 2.22. The van der Waals surface area contributed by atoms with E-state index in [1.54, 1.807) is 0 Å². The number of hydrogen-bond donors (Lipinski definition) is 1. The summed E-state index contributed by atoms with van der Waals surface area (Å²) >= 11 is 0. The molecular formula is C13H22N2O. The summed E-state index contributed by atoms with van der Waals surface area (Å²) in [6.07, 6.45) is 6.48. The van der Waals surface area contributed by atoms with Crippen molar-refractivity contribution in [3.63, 3.8) is 0 Å². The lowest BCUT2D eigenvalue weighted by molar-refractivity contribution is 0.141. The van der Waals surface area contributed by atoms with Gasteiger partial charge in [-0.1, -0.05) is 13.3 Å². The Bertz CT molecular complexity index is 357. The topological polar surface area (TPSA) is 38.0 Å². The van der Waals surface area contributed by atoms with Crippen LogP contribution in [0.25, 0.3) is 0 Å². The van der Waals surface area contributed by atoms with Crippen LogP contribution < -0.4 is 0 Å². The fourth-order valence-corrected chi connectivity index (χ4v) is 2.61. The molecule has 1 aliphatic carbocycles. The predicted octanol–water partition coefficient (Wildman–Crippen LogP) is 2.23. The van der Waals surface area contributed by atoms with Crippen LogP contribution in [0.5, 0.6) is 0 Å². The van der Waals surface area contributed by atoms with Gasteiger partial charge in [0.05, 0.1) is 18.3 Å². The Morgan fingerprint density at radius 3 is 2.88 bits per heavy atom. The van der Waals surface area contributed by atoms with Crippen molar-refractivity contribution in [1.82, 2.24) is 9.55 Å². The molecule has 0 bridgehead atoms. The molecule has 3 heteroatoms. The maximum Gasteiger partial charge on any atom is 0.106 e. The van der Waals surface area contributed by atoms with Crippen LogP contribution in [0.15, 0.2) is 0 Å². The van der Waals surface area contributed by atoms with Crippen LogP contribution >= 0.6 is 0 Å². The van der Waals surface area contributed by atoms with Crippen molar-refractivity contribution in [1.29, 1.82) is 0 Å². The van der Waals surface area contributed by atoms with Gasteiger partial charge in [-0.15, -0.1) is 0 Å². The lowest BCUT2D eigenvalue weighted by atomic mass is 10.0. The van der Waals surface area contributed by atoms with Crippen molar-refractivity contribution in [3.8, 4) is 0 Å². The highest BCUT2D eigenvalue weighted by molar-refractivity contribution is 5.19. The number of aliphatic hydroxyl groups excluding tert-OH is 1. The molecule has 1 heterocycles. The summed E-state index contributed by atoms with van der Waals surface area (Å²) in [6, 6.07) is 0. The van der Waals surface area contributed by atoms with Crippen LogP contribution in [0.3, 0.4) is 0 Å². The van der Waals surface area contributed by atoms with Gasteiger partial charge in [-0.05, 0) is 39.0 Å². The fraction of sp³-hybridized carbons (Fsp3) is 0.769. The largest absolute Gasteiger partial charge is 0.391 e. The Hall–Kier alpha value is -0.830. The molecule has 0 amide bonds. The molecule has 2 rings (SSSR count). The lowest BCUT2D eigenvalue weighted by Gasteiger charge is -2.17. The van der Waals surface area contributed by atoms with Crippen LogP contribution in [0.2, 0.25) is 0 Å². The molecule has 3 nitrogen and oxygen atoms in total. The first-order valence-corrected chi connectivity index (χ1v) is 6.45. The zero-order valence-corrected chi connectivity index (χ0v) is 10.4. The van der Waals surface area contributed by atoms with Crippen LogP contribution in [0.1, 0.15) is 49.8 Å². The van der Waals surface area contributed by atoms with Gasteiger partial charge in [0.1, 0.15) is 5.82 Å². The zero-order valence-electron chi connectivity index (χ0n) is 10.4. The van der Waals surface area contributed by atoms with Crippen LogP contribution in [-0.4, -0.2) is 20.8 Å². The van der Waals surface area contributed by atoms with Gasteiger partial charge in [-0.25, -0.2) is 4.98 Å². The molecular weight excluding hydrogens is 200 g/mol. The molecule has 0 aliphatic heterocycles. The van der Waals surface area contributed by atoms with Crippen molar-refractivity contribution >= 4 is 0 Å². The van der Waals surface area contributed by atoms with E-state index in [2.05, 4.69) is 23.4 Å². The van der Waals surface area contributed by atoms with Gasteiger partial charge in [0.15, 0.2) is 0 Å². The van der Waals surface area contributed by atoms with E-state index < -0.39 is 0 Å². The average Bonchev–Trinajstić information content (AvgIpc) is 2.56. The third kappa shape index (κ3) is 2.29. The zero-order chi connectivity index (χ0) is 11.5. The number of fused-ring (bicyclic) bond motifs is 1. The summed E-state index contributed by atoms with van der Waals surface area (Å²) < 4.78 is 2.23. The van der Waals surface area contributed by atoms with Crippen molar-refractivity contribution in [2.45, 2.75) is 65.0 Å². The molecule has 16 heavy (non-hydrogen) atoms. The van der Waals surface area contributed by atoms with Gasteiger partial charge in [0, 0.05) is 5.69 Å². The van der Waals surface area contributed by atoms with E-state index in [-0.39, 0.29) is 6.10 Å². The Kier molecular flexibility index (Phi) is 3.64. The summed E-state index contributed by atoms with van der Waals surface area (Å²) in [6.45, 7) is 4.89. The van der Waals surface area contributed by atoms with Gasteiger partial charge >= 0.3 is 0 Å². The molecule has 1 aromatic heterocycles. The molecule has 0 fully saturated rings. The molecule has 0 aromatic carbocycles. The third-order valence-electron chi connectivity index (χ3n) is 3.44. The first-order chi connectivity index (χ1) is 7.72. The van der Waals surface area contributed by atoms with E-state index in [1.807, 2.05) is 0 Å². The summed E-state index contributed by atoms with van der Waals surface area (Å²) in [5, 5.41) is 9.90. The highest BCUT2D eigenvalue weighted by Gasteiger charge is 2.19. The third-order valence-corrected chi connectivity index (χ3v) is 3.44.